The van der Waals surface area contributed by atoms with Crippen LogP contribution in [0.1, 0.15) is 25.7 Å². The molecule has 0 aliphatic carbocycles. The molecule has 0 radical (unpaired) electrons. The van der Waals surface area contributed by atoms with Crippen LogP contribution < -0.4 is 10.6 Å². The second-order valence-electron chi connectivity index (χ2n) is 6.14. The van der Waals surface area contributed by atoms with E-state index in [4.69, 9.17) is 11.6 Å². The summed E-state index contributed by atoms with van der Waals surface area (Å²) in [6, 6.07) is 11.0. The zero-order valence-electron chi connectivity index (χ0n) is 14.8. The van der Waals surface area contributed by atoms with Crippen LogP contribution in [0.4, 0.5) is 10.1 Å². The van der Waals surface area contributed by atoms with Gasteiger partial charge >= 0.3 is 0 Å². The number of hydrogen-bond acceptors (Lipinski definition) is 3. The van der Waals surface area contributed by atoms with Gasteiger partial charge in [0.15, 0.2) is 0 Å². The Kier molecular flexibility index (Phi) is 5.41. The molecule has 0 saturated carbocycles. The number of para-hydroxylation sites is 2. The molecule has 2 N–H and O–H groups in total. The standard InChI is InChI=1S/C19H18ClFN4O2/c1-11(22-12(2)26)19-24-16-5-3-4-6-17(16)25(19)10-18(27)23-15-8-7-13(20)9-14(15)21/h3-9,11H,10H2,1-2H3,(H,22,26)(H,23,27)/t11-/m1/s1. The van der Waals surface area contributed by atoms with E-state index in [1.54, 1.807) is 11.5 Å². The SMILES string of the molecule is CC(=O)N[C@H](C)c1nc2ccccc2n1CC(=O)Nc1ccc(Cl)cc1F. The van der Waals surface area contributed by atoms with E-state index >= 15 is 0 Å². The first-order chi connectivity index (χ1) is 12.8. The Labute approximate surface area is 160 Å². The van der Waals surface area contributed by atoms with Crippen molar-refractivity contribution in [3.8, 4) is 0 Å². The third-order valence-corrected chi connectivity index (χ3v) is 4.23. The van der Waals surface area contributed by atoms with Crippen LogP contribution in [-0.4, -0.2) is 21.4 Å². The minimum atomic E-state index is -0.613. The second-order valence-corrected chi connectivity index (χ2v) is 6.58. The number of carbonyl (C=O) groups is 2. The van der Waals surface area contributed by atoms with Gasteiger partial charge in [-0.25, -0.2) is 9.37 Å². The Morgan fingerprint density at radius 2 is 2.00 bits per heavy atom. The predicted octanol–water partition coefficient (Wildman–Crippen LogP) is 3.66. The third-order valence-electron chi connectivity index (χ3n) is 4.00. The van der Waals surface area contributed by atoms with E-state index in [2.05, 4.69) is 15.6 Å². The summed E-state index contributed by atoms with van der Waals surface area (Å²) >= 11 is 5.73. The first-order valence-corrected chi connectivity index (χ1v) is 8.70. The largest absolute Gasteiger partial charge is 0.347 e. The minimum absolute atomic E-state index is 0.0466. The van der Waals surface area contributed by atoms with Crippen LogP contribution in [0.2, 0.25) is 5.02 Å². The molecule has 0 saturated heterocycles. The van der Waals surface area contributed by atoms with E-state index in [-0.39, 0.29) is 23.2 Å². The fourth-order valence-electron chi connectivity index (χ4n) is 2.88. The summed E-state index contributed by atoms with van der Waals surface area (Å²) in [7, 11) is 0. The number of anilines is 1. The Balaban J connectivity index is 1.90. The summed E-state index contributed by atoms with van der Waals surface area (Å²) < 4.78 is 15.6. The van der Waals surface area contributed by atoms with Gasteiger partial charge in [0, 0.05) is 11.9 Å². The molecule has 0 spiro atoms. The van der Waals surface area contributed by atoms with Crippen molar-refractivity contribution in [1.29, 1.82) is 0 Å². The van der Waals surface area contributed by atoms with Crippen LogP contribution in [0.15, 0.2) is 42.5 Å². The van der Waals surface area contributed by atoms with Crippen LogP contribution in [-0.2, 0) is 16.1 Å². The van der Waals surface area contributed by atoms with E-state index in [1.807, 2.05) is 24.3 Å². The smallest absolute Gasteiger partial charge is 0.244 e. The summed E-state index contributed by atoms with van der Waals surface area (Å²) in [5.74, 6) is -0.694. The Morgan fingerprint density at radius 3 is 2.70 bits per heavy atom. The lowest BCUT2D eigenvalue weighted by Crippen LogP contribution is -2.28. The highest BCUT2D eigenvalue weighted by Crippen LogP contribution is 2.22. The maximum atomic E-state index is 13.9. The molecule has 3 rings (SSSR count). The lowest BCUT2D eigenvalue weighted by Gasteiger charge is -2.15. The van der Waals surface area contributed by atoms with Gasteiger partial charge in [-0.1, -0.05) is 23.7 Å². The highest BCUT2D eigenvalue weighted by atomic mass is 35.5. The molecule has 0 fully saturated rings. The maximum Gasteiger partial charge on any atom is 0.244 e. The molecule has 2 amide bonds. The number of imidazole rings is 1. The van der Waals surface area contributed by atoms with Gasteiger partial charge in [0.25, 0.3) is 0 Å². The molecular formula is C19H18ClFN4O2. The number of rotatable bonds is 5. The van der Waals surface area contributed by atoms with Crippen LogP contribution in [0.5, 0.6) is 0 Å². The third kappa shape index (κ3) is 4.25. The number of nitrogens with one attached hydrogen (secondary N) is 2. The molecule has 0 unspecified atom stereocenters. The van der Waals surface area contributed by atoms with Crippen LogP contribution in [0.3, 0.4) is 0 Å². The molecule has 0 bridgehead atoms. The van der Waals surface area contributed by atoms with Crippen molar-refractivity contribution < 1.29 is 14.0 Å². The number of nitrogens with zero attached hydrogens (tertiary/aromatic N) is 2. The van der Waals surface area contributed by atoms with Gasteiger partial charge in [0.2, 0.25) is 11.8 Å². The second kappa shape index (κ2) is 7.75. The number of carbonyl (C=O) groups excluding carboxylic acids is 2. The number of amides is 2. The van der Waals surface area contributed by atoms with Crippen molar-refractivity contribution >= 4 is 40.1 Å². The average molecular weight is 389 g/mol. The minimum Gasteiger partial charge on any atom is -0.347 e. The Morgan fingerprint density at radius 1 is 1.26 bits per heavy atom. The van der Waals surface area contributed by atoms with Crippen molar-refractivity contribution in [1.82, 2.24) is 14.9 Å². The van der Waals surface area contributed by atoms with Crippen LogP contribution >= 0.6 is 11.6 Å². The number of hydrogen-bond donors (Lipinski definition) is 2. The summed E-state index contributed by atoms with van der Waals surface area (Å²) in [6.07, 6.45) is 0. The quantitative estimate of drug-likeness (QED) is 0.700. The van der Waals surface area contributed by atoms with Gasteiger partial charge in [0.1, 0.15) is 18.2 Å². The van der Waals surface area contributed by atoms with Crippen molar-refractivity contribution in [2.45, 2.75) is 26.4 Å². The number of fused-ring (bicyclic) bond motifs is 1. The van der Waals surface area contributed by atoms with Gasteiger partial charge in [-0.2, -0.15) is 0 Å². The summed E-state index contributed by atoms with van der Waals surface area (Å²) in [5, 5.41) is 5.56. The summed E-state index contributed by atoms with van der Waals surface area (Å²) in [4.78, 5) is 28.4. The summed E-state index contributed by atoms with van der Waals surface area (Å²) in [5.41, 5.74) is 1.50. The first kappa shape index (κ1) is 18.8. The zero-order valence-corrected chi connectivity index (χ0v) is 15.5. The molecule has 1 heterocycles. The number of benzene rings is 2. The van der Waals surface area contributed by atoms with E-state index in [0.717, 1.165) is 11.6 Å². The Bertz CT molecular complexity index is 1020. The van der Waals surface area contributed by atoms with Crippen molar-refractivity contribution in [3.63, 3.8) is 0 Å². The first-order valence-electron chi connectivity index (χ1n) is 8.32. The molecule has 0 aliphatic rings. The molecule has 2 aromatic carbocycles. The van der Waals surface area contributed by atoms with Gasteiger partial charge in [-0.3, -0.25) is 9.59 Å². The maximum absolute atomic E-state index is 13.9. The van der Waals surface area contributed by atoms with Gasteiger partial charge in [-0.15, -0.1) is 0 Å². The van der Waals surface area contributed by atoms with Crippen molar-refractivity contribution in [3.05, 3.63) is 59.1 Å². The van der Waals surface area contributed by atoms with Crippen LogP contribution in [0.25, 0.3) is 11.0 Å². The van der Waals surface area contributed by atoms with Gasteiger partial charge < -0.3 is 15.2 Å². The summed E-state index contributed by atoms with van der Waals surface area (Å²) in [6.45, 7) is 3.12. The number of aromatic nitrogens is 2. The topological polar surface area (TPSA) is 76.0 Å². The molecular weight excluding hydrogens is 371 g/mol. The highest BCUT2D eigenvalue weighted by Gasteiger charge is 2.19. The van der Waals surface area contributed by atoms with Crippen molar-refractivity contribution in [2.24, 2.45) is 0 Å². The fourth-order valence-corrected chi connectivity index (χ4v) is 3.04. The van der Waals surface area contributed by atoms with Crippen LogP contribution in [0, 0.1) is 5.82 Å². The van der Waals surface area contributed by atoms with Gasteiger partial charge in [0.05, 0.1) is 22.8 Å². The molecule has 6 nitrogen and oxygen atoms in total. The van der Waals surface area contributed by atoms with E-state index in [0.29, 0.717) is 11.3 Å². The molecule has 1 atom stereocenters. The van der Waals surface area contributed by atoms with Gasteiger partial charge in [-0.05, 0) is 37.3 Å². The van der Waals surface area contributed by atoms with E-state index < -0.39 is 17.8 Å². The molecule has 0 aliphatic heterocycles. The molecule has 140 valence electrons. The van der Waals surface area contributed by atoms with Crippen molar-refractivity contribution in [2.75, 3.05) is 5.32 Å². The molecule has 27 heavy (non-hydrogen) atoms. The monoisotopic (exact) mass is 388 g/mol. The fraction of sp³-hybridized carbons (Fsp3) is 0.211. The average Bonchev–Trinajstić information content (AvgIpc) is 2.96. The highest BCUT2D eigenvalue weighted by molar-refractivity contribution is 6.30. The lowest BCUT2D eigenvalue weighted by molar-refractivity contribution is -0.119. The predicted molar refractivity (Wildman–Crippen MR) is 102 cm³/mol. The van der Waals surface area contributed by atoms with E-state index in [1.165, 1.54) is 19.1 Å². The molecule has 8 heteroatoms. The molecule has 3 aromatic rings. The lowest BCUT2D eigenvalue weighted by atomic mass is 10.3. The number of halogens is 2. The normalized spacial score (nSPS) is 12.0. The molecule has 1 aromatic heterocycles. The zero-order chi connectivity index (χ0) is 19.6. The Hall–Kier alpha value is -2.93. The van der Waals surface area contributed by atoms with E-state index in [9.17, 15) is 14.0 Å².